The van der Waals surface area contributed by atoms with Crippen LogP contribution < -0.4 is 5.32 Å². The van der Waals surface area contributed by atoms with Gasteiger partial charge in [-0.05, 0) is 19.9 Å². The predicted molar refractivity (Wildman–Crippen MR) is 58.5 cm³/mol. The van der Waals surface area contributed by atoms with Gasteiger partial charge in [-0.2, -0.15) is 5.10 Å². The van der Waals surface area contributed by atoms with Gasteiger partial charge in [0, 0.05) is 6.61 Å². The highest BCUT2D eigenvalue weighted by molar-refractivity contribution is 4.80. The Hall–Kier alpha value is -0.940. The van der Waals surface area contributed by atoms with Crippen molar-refractivity contribution in [2.24, 2.45) is 0 Å². The van der Waals surface area contributed by atoms with Crippen LogP contribution in [0.5, 0.6) is 0 Å². The minimum Gasteiger partial charge on any atom is -0.380 e. The smallest absolute Gasteiger partial charge is 0.164 e. The Kier molecular flexibility index (Phi) is 5.96. The van der Waals surface area contributed by atoms with Crippen molar-refractivity contribution in [2.75, 3.05) is 19.8 Å². The van der Waals surface area contributed by atoms with E-state index in [0.29, 0.717) is 6.61 Å². The van der Waals surface area contributed by atoms with E-state index in [1.54, 1.807) is 6.33 Å². The van der Waals surface area contributed by atoms with Gasteiger partial charge in [0.1, 0.15) is 6.33 Å². The molecule has 0 aliphatic carbocycles. The second kappa shape index (κ2) is 7.36. The predicted octanol–water partition coefficient (Wildman–Crippen LogP) is 0.814. The van der Waals surface area contributed by atoms with Crippen LogP contribution in [0, 0.1) is 0 Å². The summed E-state index contributed by atoms with van der Waals surface area (Å²) in [6.07, 6.45) is 2.88. The Morgan fingerprint density at radius 1 is 1.47 bits per heavy atom. The fourth-order valence-corrected chi connectivity index (χ4v) is 1.20. The van der Waals surface area contributed by atoms with Crippen molar-refractivity contribution in [1.82, 2.24) is 20.1 Å². The van der Waals surface area contributed by atoms with Gasteiger partial charge in [-0.25, -0.2) is 4.98 Å². The van der Waals surface area contributed by atoms with E-state index >= 15 is 0 Å². The molecule has 0 radical (unpaired) electrons. The quantitative estimate of drug-likeness (QED) is 0.648. The third-order valence-electron chi connectivity index (χ3n) is 1.96. The molecule has 86 valence electrons. The maximum Gasteiger partial charge on any atom is 0.164 e. The van der Waals surface area contributed by atoms with Gasteiger partial charge in [0.2, 0.25) is 0 Å². The maximum atomic E-state index is 5.24. The molecular formula is C10H20N4O. The maximum absolute atomic E-state index is 5.24. The average Bonchev–Trinajstić information content (AvgIpc) is 2.67. The van der Waals surface area contributed by atoms with Crippen molar-refractivity contribution in [3.05, 3.63) is 12.2 Å². The molecule has 1 rings (SSSR count). The molecule has 5 nitrogen and oxygen atoms in total. The summed E-state index contributed by atoms with van der Waals surface area (Å²) in [5.74, 6) is 0.847. The third-order valence-corrected chi connectivity index (χ3v) is 1.96. The zero-order valence-corrected chi connectivity index (χ0v) is 9.57. The van der Waals surface area contributed by atoms with Gasteiger partial charge in [-0.15, -0.1) is 0 Å². The summed E-state index contributed by atoms with van der Waals surface area (Å²) in [6, 6.07) is 0. The molecule has 0 saturated carbocycles. The average molecular weight is 212 g/mol. The van der Waals surface area contributed by atoms with Gasteiger partial charge in [0.05, 0.1) is 19.7 Å². The van der Waals surface area contributed by atoms with Gasteiger partial charge in [0.25, 0.3) is 0 Å². The zero-order chi connectivity index (χ0) is 10.9. The molecule has 1 aromatic heterocycles. The van der Waals surface area contributed by atoms with E-state index in [4.69, 9.17) is 4.74 Å². The topological polar surface area (TPSA) is 52.0 Å². The largest absolute Gasteiger partial charge is 0.380 e. The van der Waals surface area contributed by atoms with Crippen LogP contribution in [0.25, 0.3) is 0 Å². The summed E-state index contributed by atoms with van der Waals surface area (Å²) in [5.41, 5.74) is 0. The Labute approximate surface area is 90.8 Å². The minimum absolute atomic E-state index is 0.696. The minimum atomic E-state index is 0.696. The first kappa shape index (κ1) is 12.1. The first-order chi connectivity index (χ1) is 7.36. The SMILES string of the molecule is CCCNCc1ncn(CCOCC)n1. The highest BCUT2D eigenvalue weighted by Crippen LogP contribution is 1.90. The molecule has 0 aliphatic heterocycles. The van der Waals surface area contributed by atoms with E-state index in [1.807, 2.05) is 11.6 Å². The third kappa shape index (κ3) is 4.90. The van der Waals surface area contributed by atoms with E-state index in [0.717, 1.165) is 38.5 Å². The first-order valence-electron chi connectivity index (χ1n) is 5.53. The molecule has 5 heteroatoms. The summed E-state index contributed by atoms with van der Waals surface area (Å²) >= 11 is 0. The van der Waals surface area contributed by atoms with E-state index in [2.05, 4.69) is 22.3 Å². The van der Waals surface area contributed by atoms with E-state index in [1.165, 1.54) is 0 Å². The van der Waals surface area contributed by atoms with Crippen LogP contribution >= 0.6 is 0 Å². The van der Waals surface area contributed by atoms with E-state index in [-0.39, 0.29) is 0 Å². The summed E-state index contributed by atoms with van der Waals surface area (Å²) in [4.78, 5) is 4.20. The first-order valence-corrected chi connectivity index (χ1v) is 5.53. The molecule has 0 amide bonds. The Morgan fingerprint density at radius 2 is 2.33 bits per heavy atom. The second-order valence-electron chi connectivity index (χ2n) is 3.30. The Morgan fingerprint density at radius 3 is 3.07 bits per heavy atom. The van der Waals surface area contributed by atoms with Crippen molar-refractivity contribution in [3.63, 3.8) is 0 Å². The molecule has 0 bridgehead atoms. The summed E-state index contributed by atoms with van der Waals surface area (Å²) in [5, 5.41) is 7.58. The molecule has 0 fully saturated rings. The number of ether oxygens (including phenoxy) is 1. The van der Waals surface area contributed by atoms with Crippen LogP contribution in [0.3, 0.4) is 0 Å². The number of hydrogen-bond donors (Lipinski definition) is 1. The Balaban J connectivity index is 2.23. The molecule has 1 aromatic rings. The normalized spacial score (nSPS) is 10.8. The van der Waals surface area contributed by atoms with E-state index in [9.17, 15) is 0 Å². The van der Waals surface area contributed by atoms with Crippen LogP contribution in [0.15, 0.2) is 6.33 Å². The van der Waals surface area contributed by atoms with Crippen molar-refractivity contribution >= 4 is 0 Å². The lowest BCUT2D eigenvalue weighted by Gasteiger charge is -2.00. The van der Waals surface area contributed by atoms with Gasteiger partial charge in [-0.3, -0.25) is 4.68 Å². The number of nitrogens with zero attached hydrogens (tertiary/aromatic N) is 3. The van der Waals surface area contributed by atoms with Crippen LogP contribution in [-0.2, 0) is 17.8 Å². The molecule has 15 heavy (non-hydrogen) atoms. The monoisotopic (exact) mass is 212 g/mol. The lowest BCUT2D eigenvalue weighted by atomic mass is 10.5. The van der Waals surface area contributed by atoms with Crippen molar-refractivity contribution < 1.29 is 4.74 Å². The molecule has 0 unspecified atom stereocenters. The molecular weight excluding hydrogens is 192 g/mol. The molecule has 0 aliphatic rings. The van der Waals surface area contributed by atoms with Crippen molar-refractivity contribution in [1.29, 1.82) is 0 Å². The fourth-order valence-electron chi connectivity index (χ4n) is 1.20. The standard InChI is InChI=1S/C10H20N4O/c1-3-5-11-8-10-12-9-14(13-10)6-7-15-4-2/h9,11H,3-8H2,1-2H3. The van der Waals surface area contributed by atoms with Crippen molar-refractivity contribution in [3.8, 4) is 0 Å². The van der Waals surface area contributed by atoms with Crippen molar-refractivity contribution in [2.45, 2.75) is 33.4 Å². The van der Waals surface area contributed by atoms with Crippen LogP contribution in [0.1, 0.15) is 26.1 Å². The van der Waals surface area contributed by atoms with Gasteiger partial charge < -0.3 is 10.1 Å². The molecule has 1 heterocycles. The van der Waals surface area contributed by atoms with Gasteiger partial charge >= 0.3 is 0 Å². The second-order valence-corrected chi connectivity index (χ2v) is 3.30. The van der Waals surface area contributed by atoms with Gasteiger partial charge in [-0.1, -0.05) is 6.92 Å². The molecule has 0 aromatic carbocycles. The van der Waals surface area contributed by atoms with Crippen LogP contribution in [0.2, 0.25) is 0 Å². The van der Waals surface area contributed by atoms with E-state index < -0.39 is 0 Å². The number of aromatic nitrogens is 3. The number of nitrogens with one attached hydrogen (secondary N) is 1. The summed E-state index contributed by atoms with van der Waals surface area (Å²) < 4.78 is 7.06. The highest BCUT2D eigenvalue weighted by Gasteiger charge is 1.99. The van der Waals surface area contributed by atoms with Crippen LogP contribution in [0.4, 0.5) is 0 Å². The summed E-state index contributed by atoms with van der Waals surface area (Å²) in [6.45, 7) is 8.10. The molecule has 0 saturated heterocycles. The van der Waals surface area contributed by atoms with Crippen LogP contribution in [-0.4, -0.2) is 34.5 Å². The number of rotatable bonds is 8. The van der Waals surface area contributed by atoms with Gasteiger partial charge in [0.15, 0.2) is 5.82 Å². The fraction of sp³-hybridized carbons (Fsp3) is 0.800. The highest BCUT2D eigenvalue weighted by atomic mass is 16.5. The summed E-state index contributed by atoms with van der Waals surface area (Å²) in [7, 11) is 0. The lowest BCUT2D eigenvalue weighted by molar-refractivity contribution is 0.136. The molecule has 0 spiro atoms. The number of hydrogen-bond acceptors (Lipinski definition) is 4. The molecule has 0 atom stereocenters. The lowest BCUT2D eigenvalue weighted by Crippen LogP contribution is -2.15. The molecule has 1 N–H and O–H groups in total. The Bertz CT molecular complexity index is 237. The zero-order valence-electron chi connectivity index (χ0n) is 9.57.